The van der Waals surface area contributed by atoms with Gasteiger partial charge in [0.15, 0.2) is 0 Å². The van der Waals surface area contributed by atoms with Crippen LogP contribution in [-0.2, 0) is 0 Å². The van der Waals surface area contributed by atoms with Crippen LogP contribution in [0, 0.1) is 0 Å². The van der Waals surface area contributed by atoms with E-state index in [-0.39, 0.29) is 6.04 Å². The van der Waals surface area contributed by atoms with Gasteiger partial charge in [-0.05, 0) is 31.6 Å². The van der Waals surface area contributed by atoms with Crippen LogP contribution >= 0.6 is 0 Å². The molecule has 0 bridgehead atoms. The monoisotopic (exact) mass is 285 g/mol. The molecule has 112 valence electrons. The van der Waals surface area contributed by atoms with E-state index in [9.17, 15) is 10.2 Å². The first kappa shape index (κ1) is 15.7. The lowest BCUT2D eigenvalue weighted by atomic mass is 9.94. The number of aliphatic hydroxyl groups excluding tert-OH is 2. The van der Waals surface area contributed by atoms with Crippen LogP contribution in [0.25, 0.3) is 0 Å². The van der Waals surface area contributed by atoms with E-state index >= 15 is 0 Å². The lowest BCUT2D eigenvalue weighted by Gasteiger charge is -2.31. The smallest absolute Gasteiger partial charge is 0.0946 e. The summed E-state index contributed by atoms with van der Waals surface area (Å²) in [5.74, 6) is 0. The Hall–Kier alpha value is -1.68. The fraction of sp³-hybridized carbons (Fsp3) is 0.333. The van der Waals surface area contributed by atoms with E-state index in [1.807, 2.05) is 79.7 Å². The predicted octanol–water partition coefficient (Wildman–Crippen LogP) is 2.77. The zero-order valence-electron chi connectivity index (χ0n) is 12.6. The molecule has 0 aliphatic heterocycles. The molecule has 2 rings (SSSR count). The van der Waals surface area contributed by atoms with Gasteiger partial charge in [-0.15, -0.1) is 0 Å². The van der Waals surface area contributed by atoms with Crippen molar-refractivity contribution in [2.24, 2.45) is 0 Å². The van der Waals surface area contributed by atoms with Gasteiger partial charge in [0.1, 0.15) is 0 Å². The fourth-order valence-electron chi connectivity index (χ4n) is 2.53. The molecule has 3 nitrogen and oxygen atoms in total. The minimum absolute atomic E-state index is 0.150. The Balaban J connectivity index is 2.13. The van der Waals surface area contributed by atoms with E-state index in [4.69, 9.17) is 0 Å². The molecular weight excluding hydrogens is 262 g/mol. The second kappa shape index (κ2) is 7.36. The minimum Gasteiger partial charge on any atom is -0.388 e. The minimum atomic E-state index is -0.625. The largest absolute Gasteiger partial charge is 0.388 e. The summed E-state index contributed by atoms with van der Waals surface area (Å²) in [6.07, 6.45) is -0.732. The number of aliphatic hydroxyl groups is 2. The molecule has 0 aromatic heterocycles. The Labute approximate surface area is 126 Å². The van der Waals surface area contributed by atoms with E-state index < -0.39 is 12.2 Å². The van der Waals surface area contributed by atoms with Crippen LogP contribution in [-0.4, -0.2) is 35.3 Å². The fourth-order valence-corrected chi connectivity index (χ4v) is 2.53. The Morgan fingerprint density at radius 2 is 1.29 bits per heavy atom. The van der Waals surface area contributed by atoms with Crippen LogP contribution in [0.2, 0.25) is 0 Å². The number of hydrogen-bond donors (Lipinski definition) is 2. The number of benzene rings is 2. The van der Waals surface area contributed by atoms with Crippen molar-refractivity contribution in [3.63, 3.8) is 0 Å². The highest BCUT2D eigenvalue weighted by molar-refractivity contribution is 5.21. The lowest BCUT2D eigenvalue weighted by molar-refractivity contribution is 0.0361. The summed E-state index contributed by atoms with van der Waals surface area (Å²) in [4.78, 5) is 1.96. The third-order valence-electron chi connectivity index (χ3n) is 3.82. The van der Waals surface area contributed by atoms with Crippen molar-refractivity contribution in [2.75, 3.05) is 14.1 Å². The van der Waals surface area contributed by atoms with E-state index in [0.29, 0.717) is 6.42 Å². The lowest BCUT2D eigenvalue weighted by Crippen LogP contribution is -2.35. The van der Waals surface area contributed by atoms with Gasteiger partial charge in [-0.1, -0.05) is 60.7 Å². The second-order valence-electron chi connectivity index (χ2n) is 5.55. The summed E-state index contributed by atoms with van der Waals surface area (Å²) in [5, 5.41) is 21.0. The molecule has 3 unspecified atom stereocenters. The molecule has 2 aromatic carbocycles. The molecule has 3 heteroatoms. The van der Waals surface area contributed by atoms with E-state index in [1.54, 1.807) is 0 Å². The van der Waals surface area contributed by atoms with Crippen LogP contribution in [0.4, 0.5) is 0 Å². The first-order valence-electron chi connectivity index (χ1n) is 7.22. The summed E-state index contributed by atoms with van der Waals surface area (Å²) >= 11 is 0. The Morgan fingerprint density at radius 3 is 1.76 bits per heavy atom. The molecular formula is C18H23NO2. The highest BCUT2D eigenvalue weighted by Crippen LogP contribution is 2.27. The molecule has 2 N–H and O–H groups in total. The van der Waals surface area contributed by atoms with Gasteiger partial charge < -0.3 is 15.1 Å². The van der Waals surface area contributed by atoms with Gasteiger partial charge in [0, 0.05) is 6.04 Å². The normalized spacial score (nSPS) is 15.7. The molecule has 2 aromatic rings. The molecule has 0 aliphatic carbocycles. The van der Waals surface area contributed by atoms with Crippen LogP contribution in [0.3, 0.4) is 0 Å². The van der Waals surface area contributed by atoms with Crippen LogP contribution in [0.1, 0.15) is 29.8 Å². The zero-order valence-corrected chi connectivity index (χ0v) is 12.6. The van der Waals surface area contributed by atoms with Crippen molar-refractivity contribution in [3.05, 3.63) is 71.8 Å². The van der Waals surface area contributed by atoms with Crippen LogP contribution < -0.4 is 0 Å². The first-order chi connectivity index (χ1) is 10.1. The molecule has 0 amide bonds. The molecule has 0 heterocycles. The van der Waals surface area contributed by atoms with Crippen LogP contribution in [0.15, 0.2) is 60.7 Å². The van der Waals surface area contributed by atoms with Gasteiger partial charge in [-0.25, -0.2) is 0 Å². The third kappa shape index (κ3) is 4.14. The van der Waals surface area contributed by atoms with Crippen LogP contribution in [0.5, 0.6) is 0 Å². The maximum Gasteiger partial charge on any atom is 0.0946 e. The molecule has 0 saturated heterocycles. The average Bonchev–Trinajstić information content (AvgIpc) is 2.53. The van der Waals surface area contributed by atoms with E-state index in [2.05, 4.69) is 0 Å². The summed E-state index contributed by atoms with van der Waals surface area (Å²) in [6, 6.07) is 19.0. The van der Waals surface area contributed by atoms with E-state index in [1.165, 1.54) is 0 Å². The summed E-state index contributed by atoms with van der Waals surface area (Å²) in [7, 11) is 3.85. The van der Waals surface area contributed by atoms with Gasteiger partial charge in [0.2, 0.25) is 0 Å². The topological polar surface area (TPSA) is 43.7 Å². The van der Waals surface area contributed by atoms with Gasteiger partial charge >= 0.3 is 0 Å². The summed E-state index contributed by atoms with van der Waals surface area (Å²) < 4.78 is 0. The third-order valence-corrected chi connectivity index (χ3v) is 3.82. The number of rotatable bonds is 6. The second-order valence-corrected chi connectivity index (χ2v) is 5.55. The quantitative estimate of drug-likeness (QED) is 0.857. The van der Waals surface area contributed by atoms with Gasteiger partial charge in [-0.3, -0.25) is 0 Å². The first-order valence-corrected chi connectivity index (χ1v) is 7.22. The van der Waals surface area contributed by atoms with Crippen molar-refractivity contribution in [2.45, 2.75) is 24.7 Å². The Bertz CT molecular complexity index is 527. The van der Waals surface area contributed by atoms with E-state index in [0.717, 1.165) is 11.1 Å². The summed E-state index contributed by atoms with van der Waals surface area (Å²) in [5.41, 5.74) is 1.75. The van der Waals surface area contributed by atoms with Gasteiger partial charge in [0.05, 0.1) is 12.2 Å². The highest BCUT2D eigenvalue weighted by atomic mass is 16.3. The number of likely N-dealkylation sites (N-methyl/N-ethyl adjacent to an activating group) is 1. The molecule has 0 spiro atoms. The molecule has 0 fully saturated rings. The van der Waals surface area contributed by atoms with Crippen molar-refractivity contribution in [1.82, 2.24) is 4.90 Å². The molecule has 3 atom stereocenters. The highest BCUT2D eigenvalue weighted by Gasteiger charge is 2.26. The summed E-state index contributed by atoms with van der Waals surface area (Å²) in [6.45, 7) is 0. The maximum atomic E-state index is 10.6. The standard InChI is InChI=1S/C18H23NO2/c1-19(2)16(18(21)15-11-7-4-8-12-15)13-17(20)14-9-5-3-6-10-14/h3-12,16-18,20-21H,13H2,1-2H3. The SMILES string of the molecule is CN(C)C(CC(O)c1ccccc1)C(O)c1ccccc1. The molecule has 0 radical (unpaired) electrons. The number of hydrogen-bond acceptors (Lipinski definition) is 3. The van der Waals surface area contributed by atoms with Crippen molar-refractivity contribution in [3.8, 4) is 0 Å². The van der Waals surface area contributed by atoms with Crippen molar-refractivity contribution >= 4 is 0 Å². The molecule has 0 saturated carbocycles. The predicted molar refractivity (Wildman–Crippen MR) is 84.9 cm³/mol. The Morgan fingerprint density at radius 1 is 0.810 bits per heavy atom. The van der Waals surface area contributed by atoms with Gasteiger partial charge in [-0.2, -0.15) is 0 Å². The molecule has 0 aliphatic rings. The average molecular weight is 285 g/mol. The maximum absolute atomic E-state index is 10.6. The van der Waals surface area contributed by atoms with Crippen molar-refractivity contribution in [1.29, 1.82) is 0 Å². The van der Waals surface area contributed by atoms with Crippen molar-refractivity contribution < 1.29 is 10.2 Å². The Kier molecular flexibility index (Phi) is 5.51. The zero-order chi connectivity index (χ0) is 15.2. The number of nitrogens with zero attached hydrogens (tertiary/aromatic N) is 1. The van der Waals surface area contributed by atoms with Gasteiger partial charge in [0.25, 0.3) is 0 Å². The molecule has 21 heavy (non-hydrogen) atoms.